The number of hydrogen-bond acceptors (Lipinski definition) is 5. The highest BCUT2D eigenvalue weighted by Gasteiger charge is 2.26. The zero-order chi connectivity index (χ0) is 15.5. The van der Waals surface area contributed by atoms with Crippen molar-refractivity contribution in [1.82, 2.24) is 14.9 Å². The first-order valence-corrected chi connectivity index (χ1v) is 7.57. The normalized spacial score (nSPS) is 11.4. The fourth-order valence-corrected chi connectivity index (χ4v) is 2.77. The van der Waals surface area contributed by atoms with Gasteiger partial charge in [0.05, 0.1) is 5.69 Å². The minimum Gasteiger partial charge on any atom is -0.321 e. The highest BCUT2D eigenvalue weighted by atomic mass is 32.1. The number of benzene rings is 1. The van der Waals surface area contributed by atoms with Crippen LogP contribution in [0.1, 0.15) is 41.7 Å². The van der Waals surface area contributed by atoms with Crippen molar-refractivity contribution in [2.45, 2.75) is 32.7 Å². The van der Waals surface area contributed by atoms with Gasteiger partial charge in [-0.2, -0.15) is 0 Å². The number of carbonyl (C=O) groups excluding carboxylic acids is 1. The highest BCUT2D eigenvalue weighted by molar-refractivity contribution is 7.08. The SMILES string of the molecule is CNCc1ccccc1NC(=O)c1snnc1C(C)(C)C. The van der Waals surface area contributed by atoms with Gasteiger partial charge >= 0.3 is 0 Å². The monoisotopic (exact) mass is 304 g/mol. The number of carbonyl (C=O) groups is 1. The maximum absolute atomic E-state index is 12.5. The lowest BCUT2D eigenvalue weighted by atomic mass is 9.91. The third-order valence-corrected chi connectivity index (χ3v) is 3.76. The van der Waals surface area contributed by atoms with Crippen molar-refractivity contribution in [3.63, 3.8) is 0 Å². The largest absolute Gasteiger partial charge is 0.321 e. The van der Waals surface area contributed by atoms with Gasteiger partial charge in [-0.1, -0.05) is 43.5 Å². The molecule has 2 rings (SSSR count). The lowest BCUT2D eigenvalue weighted by Crippen LogP contribution is -2.20. The lowest BCUT2D eigenvalue weighted by molar-refractivity contribution is 0.102. The first-order valence-electron chi connectivity index (χ1n) is 6.80. The first-order chi connectivity index (χ1) is 9.93. The zero-order valence-corrected chi connectivity index (χ0v) is 13.5. The second-order valence-corrected chi connectivity index (χ2v) is 6.60. The van der Waals surface area contributed by atoms with Crippen molar-refractivity contribution in [1.29, 1.82) is 0 Å². The van der Waals surface area contributed by atoms with Crippen LogP contribution in [0.4, 0.5) is 5.69 Å². The van der Waals surface area contributed by atoms with Crippen LogP contribution in [0.15, 0.2) is 24.3 Å². The third-order valence-electron chi connectivity index (χ3n) is 3.04. The molecule has 0 aliphatic heterocycles. The molecule has 2 N–H and O–H groups in total. The van der Waals surface area contributed by atoms with E-state index in [0.717, 1.165) is 28.5 Å². The maximum atomic E-state index is 12.5. The summed E-state index contributed by atoms with van der Waals surface area (Å²) in [5, 5.41) is 10.2. The molecule has 2 aromatic rings. The van der Waals surface area contributed by atoms with E-state index in [-0.39, 0.29) is 11.3 Å². The van der Waals surface area contributed by atoms with E-state index < -0.39 is 0 Å². The summed E-state index contributed by atoms with van der Waals surface area (Å²) < 4.78 is 3.93. The van der Waals surface area contributed by atoms with Crippen LogP contribution in [0.2, 0.25) is 0 Å². The summed E-state index contributed by atoms with van der Waals surface area (Å²) in [6, 6.07) is 7.75. The molecule has 0 bridgehead atoms. The van der Waals surface area contributed by atoms with Crippen LogP contribution in [0.5, 0.6) is 0 Å². The van der Waals surface area contributed by atoms with Gasteiger partial charge in [-0.3, -0.25) is 4.79 Å². The van der Waals surface area contributed by atoms with Crippen molar-refractivity contribution in [3.05, 3.63) is 40.4 Å². The molecule has 0 saturated carbocycles. The van der Waals surface area contributed by atoms with E-state index in [1.807, 2.05) is 52.1 Å². The lowest BCUT2D eigenvalue weighted by Gasteiger charge is -2.16. The topological polar surface area (TPSA) is 66.9 Å². The number of aromatic nitrogens is 2. The summed E-state index contributed by atoms with van der Waals surface area (Å²) in [6.45, 7) is 6.77. The van der Waals surface area contributed by atoms with Crippen LogP contribution >= 0.6 is 11.5 Å². The number of nitrogens with one attached hydrogen (secondary N) is 2. The standard InChI is InChI=1S/C15H20N4OS/c1-15(2,3)13-12(21-19-18-13)14(20)17-11-8-6-5-7-10(11)9-16-4/h5-8,16H,9H2,1-4H3,(H,17,20). The molecule has 1 heterocycles. The van der Waals surface area contributed by atoms with Crippen LogP contribution in [0.25, 0.3) is 0 Å². The molecule has 112 valence electrons. The Hall–Kier alpha value is -1.79. The number of anilines is 1. The van der Waals surface area contributed by atoms with Crippen molar-refractivity contribution >= 4 is 23.1 Å². The van der Waals surface area contributed by atoms with Gasteiger partial charge in [0, 0.05) is 17.6 Å². The van der Waals surface area contributed by atoms with Gasteiger partial charge in [0.25, 0.3) is 5.91 Å². The fourth-order valence-electron chi connectivity index (χ4n) is 2.00. The minimum absolute atomic E-state index is 0.154. The molecule has 21 heavy (non-hydrogen) atoms. The van der Waals surface area contributed by atoms with E-state index in [1.165, 1.54) is 0 Å². The van der Waals surface area contributed by atoms with E-state index in [2.05, 4.69) is 20.2 Å². The smallest absolute Gasteiger partial charge is 0.269 e. The number of hydrogen-bond donors (Lipinski definition) is 2. The fraction of sp³-hybridized carbons (Fsp3) is 0.400. The van der Waals surface area contributed by atoms with Gasteiger partial charge in [0.1, 0.15) is 4.88 Å². The Bertz CT molecular complexity index is 631. The van der Waals surface area contributed by atoms with Gasteiger partial charge in [0.15, 0.2) is 0 Å². The zero-order valence-electron chi connectivity index (χ0n) is 12.7. The van der Waals surface area contributed by atoms with Gasteiger partial charge in [-0.25, -0.2) is 0 Å². The van der Waals surface area contributed by atoms with Gasteiger partial charge in [0.2, 0.25) is 0 Å². The Morgan fingerprint density at radius 2 is 2.00 bits per heavy atom. The summed E-state index contributed by atoms with van der Waals surface area (Å²) in [5.41, 5.74) is 2.38. The molecule has 0 atom stereocenters. The molecular formula is C15H20N4OS. The van der Waals surface area contributed by atoms with E-state index >= 15 is 0 Å². The summed E-state index contributed by atoms with van der Waals surface area (Å²) >= 11 is 1.13. The maximum Gasteiger partial charge on any atom is 0.269 e. The van der Waals surface area contributed by atoms with Crippen LogP contribution in [0.3, 0.4) is 0 Å². The molecule has 0 saturated heterocycles. The van der Waals surface area contributed by atoms with Crippen molar-refractivity contribution < 1.29 is 4.79 Å². The first kappa shape index (κ1) is 15.6. The number of amides is 1. The number of para-hydroxylation sites is 1. The predicted molar refractivity (Wildman–Crippen MR) is 85.8 cm³/mol. The average molecular weight is 304 g/mol. The number of nitrogens with zero attached hydrogens (tertiary/aromatic N) is 2. The molecule has 1 amide bonds. The molecule has 1 aromatic carbocycles. The Morgan fingerprint density at radius 1 is 1.29 bits per heavy atom. The molecule has 0 unspecified atom stereocenters. The summed E-state index contributed by atoms with van der Waals surface area (Å²) in [7, 11) is 1.88. The second-order valence-electron chi connectivity index (χ2n) is 5.84. The molecule has 0 aliphatic carbocycles. The minimum atomic E-state index is -0.204. The van der Waals surface area contributed by atoms with E-state index in [9.17, 15) is 4.79 Å². The van der Waals surface area contributed by atoms with Crippen LogP contribution in [-0.4, -0.2) is 22.5 Å². The molecule has 0 fully saturated rings. The van der Waals surface area contributed by atoms with Gasteiger partial charge in [-0.15, -0.1) is 5.10 Å². The van der Waals surface area contributed by atoms with E-state index in [0.29, 0.717) is 11.4 Å². The Labute approximate surface area is 128 Å². The summed E-state index contributed by atoms with van der Waals surface area (Å²) in [4.78, 5) is 13.1. The third kappa shape index (κ3) is 3.65. The quantitative estimate of drug-likeness (QED) is 0.911. The van der Waals surface area contributed by atoms with Crippen LogP contribution < -0.4 is 10.6 Å². The molecule has 1 aromatic heterocycles. The van der Waals surface area contributed by atoms with Crippen LogP contribution in [-0.2, 0) is 12.0 Å². The molecule has 0 aliphatic rings. The van der Waals surface area contributed by atoms with E-state index in [1.54, 1.807) is 0 Å². The van der Waals surface area contributed by atoms with Crippen molar-refractivity contribution in [3.8, 4) is 0 Å². The molecule has 0 radical (unpaired) electrons. The second kappa shape index (κ2) is 6.32. The van der Waals surface area contributed by atoms with Crippen molar-refractivity contribution in [2.24, 2.45) is 0 Å². The van der Waals surface area contributed by atoms with Gasteiger partial charge < -0.3 is 10.6 Å². The Morgan fingerprint density at radius 3 is 2.67 bits per heavy atom. The predicted octanol–water partition coefficient (Wildman–Crippen LogP) is 2.81. The molecule has 5 nitrogen and oxygen atoms in total. The highest BCUT2D eigenvalue weighted by Crippen LogP contribution is 2.27. The summed E-state index contributed by atoms with van der Waals surface area (Å²) in [6.07, 6.45) is 0. The Balaban J connectivity index is 2.25. The van der Waals surface area contributed by atoms with Crippen molar-refractivity contribution in [2.75, 3.05) is 12.4 Å². The summed E-state index contributed by atoms with van der Waals surface area (Å²) in [5.74, 6) is -0.154. The molecular weight excluding hydrogens is 284 g/mol. The number of rotatable bonds is 4. The van der Waals surface area contributed by atoms with Gasteiger partial charge in [-0.05, 0) is 30.2 Å². The Kier molecular flexibility index (Phi) is 4.69. The average Bonchev–Trinajstić information content (AvgIpc) is 2.90. The molecule has 6 heteroatoms. The van der Waals surface area contributed by atoms with Crippen LogP contribution in [0, 0.1) is 0 Å². The molecule has 0 spiro atoms. The van der Waals surface area contributed by atoms with E-state index in [4.69, 9.17) is 0 Å².